The van der Waals surface area contributed by atoms with Gasteiger partial charge in [-0.15, -0.1) is 0 Å². The summed E-state index contributed by atoms with van der Waals surface area (Å²) in [5, 5.41) is 0. The second-order valence-corrected chi connectivity index (χ2v) is 3.42. The van der Waals surface area contributed by atoms with E-state index in [1.807, 2.05) is 42.2 Å². The van der Waals surface area contributed by atoms with Crippen molar-refractivity contribution in [3.63, 3.8) is 0 Å². The number of ether oxygens (including phenoxy) is 1. The number of nitrogens with two attached hydrogens (primary N) is 1. The topological polar surface area (TPSA) is 54.9 Å². The largest absolute Gasteiger partial charge is 0.492 e. The lowest BCUT2D eigenvalue weighted by Gasteiger charge is -2.05. The van der Waals surface area contributed by atoms with Crippen LogP contribution >= 0.6 is 0 Å². The maximum absolute atomic E-state index is 5.69. The molecule has 1 aromatic carbocycles. The summed E-state index contributed by atoms with van der Waals surface area (Å²) in [7, 11) is 1.64. The van der Waals surface area contributed by atoms with Gasteiger partial charge in [-0.05, 0) is 12.1 Å². The first kappa shape index (κ1) is 9.58. The quantitative estimate of drug-likeness (QED) is 0.570. The number of aryl methyl sites for hydroxylation is 1. The Balaban J connectivity index is 2.52. The number of anilines is 1. The smallest absolute Gasteiger partial charge is 0.247 e. The van der Waals surface area contributed by atoms with Gasteiger partial charge in [-0.2, -0.15) is 4.57 Å². The molecule has 0 radical (unpaired) electrons. The van der Waals surface area contributed by atoms with E-state index in [-0.39, 0.29) is 0 Å². The molecule has 0 aliphatic heterocycles. The number of H-pyrrole nitrogens is 1. The fourth-order valence-corrected chi connectivity index (χ4v) is 1.50. The van der Waals surface area contributed by atoms with Crippen LogP contribution in [0.1, 0.15) is 5.69 Å². The molecule has 0 aliphatic rings. The molecule has 0 atom stereocenters. The first-order valence-electron chi connectivity index (χ1n) is 4.71. The van der Waals surface area contributed by atoms with E-state index in [4.69, 9.17) is 10.5 Å². The third-order valence-corrected chi connectivity index (χ3v) is 2.25. The van der Waals surface area contributed by atoms with Gasteiger partial charge in [-0.25, -0.2) is 4.98 Å². The van der Waals surface area contributed by atoms with Crippen molar-refractivity contribution in [2.45, 2.75) is 6.92 Å². The molecule has 0 fully saturated rings. The first-order valence-corrected chi connectivity index (χ1v) is 4.71. The summed E-state index contributed by atoms with van der Waals surface area (Å²) in [6.45, 7) is 2.00. The van der Waals surface area contributed by atoms with Crippen LogP contribution in [0.25, 0.3) is 5.69 Å². The summed E-state index contributed by atoms with van der Waals surface area (Å²) in [6.07, 6.45) is 3.87. The molecule has 4 heteroatoms. The lowest BCUT2D eigenvalue weighted by molar-refractivity contribution is -0.594. The third kappa shape index (κ3) is 1.79. The van der Waals surface area contributed by atoms with E-state index in [2.05, 4.69) is 4.98 Å². The molecule has 0 saturated heterocycles. The zero-order valence-electron chi connectivity index (χ0n) is 8.82. The van der Waals surface area contributed by atoms with Crippen LogP contribution in [0.5, 0.6) is 5.75 Å². The molecule has 0 saturated carbocycles. The van der Waals surface area contributed by atoms with Gasteiger partial charge in [0.2, 0.25) is 6.33 Å². The van der Waals surface area contributed by atoms with Crippen molar-refractivity contribution in [2.75, 3.05) is 12.8 Å². The molecule has 1 heterocycles. The highest BCUT2D eigenvalue weighted by atomic mass is 16.5. The summed E-state index contributed by atoms with van der Waals surface area (Å²) in [5.74, 6) is 0.763. The number of rotatable bonds is 2. The molecule has 3 N–H and O–H groups in total. The standard InChI is InChI=1S/C11H13N3O/c1-8-6-14(7-13-8)10-4-3-9(12)5-11(10)15-2/h3-7H,12H2,1-2H3/p+1. The number of imidazole rings is 1. The highest BCUT2D eigenvalue weighted by molar-refractivity contribution is 5.52. The van der Waals surface area contributed by atoms with Crippen molar-refractivity contribution in [1.29, 1.82) is 0 Å². The molecule has 0 bridgehead atoms. The molecular weight excluding hydrogens is 190 g/mol. The second kappa shape index (κ2) is 3.65. The van der Waals surface area contributed by atoms with Crippen molar-refractivity contribution in [1.82, 2.24) is 4.98 Å². The second-order valence-electron chi connectivity index (χ2n) is 3.42. The fraction of sp³-hybridized carbons (Fsp3) is 0.182. The van der Waals surface area contributed by atoms with Gasteiger partial charge in [0.25, 0.3) is 0 Å². The molecule has 0 amide bonds. The van der Waals surface area contributed by atoms with Crippen molar-refractivity contribution >= 4 is 5.69 Å². The number of methoxy groups -OCH3 is 1. The number of nitrogens with zero attached hydrogens (tertiary/aromatic N) is 1. The Morgan fingerprint density at radius 2 is 2.20 bits per heavy atom. The highest BCUT2D eigenvalue weighted by Crippen LogP contribution is 2.21. The molecule has 15 heavy (non-hydrogen) atoms. The Hall–Kier alpha value is -1.97. The van der Waals surface area contributed by atoms with E-state index in [1.54, 1.807) is 7.11 Å². The molecular formula is C11H14N3O+. The average Bonchev–Trinajstić information content (AvgIpc) is 2.64. The van der Waals surface area contributed by atoms with E-state index in [1.165, 1.54) is 0 Å². The average molecular weight is 204 g/mol. The molecule has 2 rings (SSSR count). The van der Waals surface area contributed by atoms with Crippen molar-refractivity contribution in [2.24, 2.45) is 0 Å². The minimum atomic E-state index is 0.698. The van der Waals surface area contributed by atoms with Crippen LogP contribution in [0.15, 0.2) is 30.7 Å². The van der Waals surface area contributed by atoms with E-state index < -0.39 is 0 Å². The highest BCUT2D eigenvalue weighted by Gasteiger charge is 2.11. The van der Waals surface area contributed by atoms with E-state index in [0.29, 0.717) is 5.69 Å². The van der Waals surface area contributed by atoms with Gasteiger partial charge in [0.1, 0.15) is 11.9 Å². The Morgan fingerprint density at radius 1 is 1.40 bits per heavy atom. The van der Waals surface area contributed by atoms with Gasteiger partial charge in [-0.3, -0.25) is 0 Å². The summed E-state index contributed by atoms with van der Waals surface area (Å²) >= 11 is 0. The maximum atomic E-state index is 5.69. The van der Waals surface area contributed by atoms with Crippen LogP contribution in [0.3, 0.4) is 0 Å². The summed E-state index contributed by atoms with van der Waals surface area (Å²) in [4.78, 5) is 3.11. The number of hydrogen-bond donors (Lipinski definition) is 2. The van der Waals surface area contributed by atoms with E-state index in [0.717, 1.165) is 17.1 Å². The minimum Gasteiger partial charge on any atom is -0.492 e. The zero-order valence-corrected chi connectivity index (χ0v) is 8.82. The molecule has 2 aromatic rings. The molecule has 0 unspecified atom stereocenters. The summed E-state index contributed by atoms with van der Waals surface area (Å²) in [5.41, 5.74) is 8.45. The van der Waals surface area contributed by atoms with E-state index in [9.17, 15) is 0 Å². The van der Waals surface area contributed by atoms with Crippen LogP contribution in [-0.2, 0) is 0 Å². The number of aromatic nitrogens is 2. The first-order chi connectivity index (χ1) is 7.20. The zero-order chi connectivity index (χ0) is 10.8. The number of nitrogen functional groups attached to an aromatic ring is 1. The number of hydrogen-bond acceptors (Lipinski definition) is 2. The molecule has 78 valence electrons. The lowest BCUT2D eigenvalue weighted by Crippen LogP contribution is -2.27. The molecule has 4 nitrogen and oxygen atoms in total. The Morgan fingerprint density at radius 3 is 2.80 bits per heavy atom. The lowest BCUT2D eigenvalue weighted by atomic mass is 10.2. The van der Waals surface area contributed by atoms with Gasteiger partial charge in [0.15, 0.2) is 11.4 Å². The van der Waals surface area contributed by atoms with Gasteiger partial charge in [0, 0.05) is 18.7 Å². The Bertz CT molecular complexity index is 476. The van der Waals surface area contributed by atoms with Crippen molar-refractivity contribution < 1.29 is 9.30 Å². The van der Waals surface area contributed by atoms with Crippen LogP contribution < -0.4 is 15.0 Å². The van der Waals surface area contributed by atoms with Crippen molar-refractivity contribution in [3.8, 4) is 11.4 Å². The molecule has 0 aliphatic carbocycles. The van der Waals surface area contributed by atoms with Gasteiger partial charge in [0.05, 0.1) is 7.11 Å². The minimum absolute atomic E-state index is 0.698. The van der Waals surface area contributed by atoms with Crippen LogP contribution in [0, 0.1) is 6.92 Å². The fourth-order valence-electron chi connectivity index (χ4n) is 1.50. The van der Waals surface area contributed by atoms with Gasteiger partial charge in [-0.1, -0.05) is 0 Å². The normalized spacial score (nSPS) is 10.3. The van der Waals surface area contributed by atoms with Gasteiger partial charge < -0.3 is 10.5 Å². The van der Waals surface area contributed by atoms with Crippen LogP contribution in [0.4, 0.5) is 5.69 Å². The summed E-state index contributed by atoms with van der Waals surface area (Å²) < 4.78 is 7.24. The number of nitrogens with one attached hydrogen (secondary N) is 1. The molecule has 0 spiro atoms. The number of aromatic amines is 1. The molecule has 1 aromatic heterocycles. The van der Waals surface area contributed by atoms with E-state index >= 15 is 0 Å². The monoisotopic (exact) mass is 204 g/mol. The SMILES string of the molecule is COc1cc(N)ccc1-[n+]1c[nH]c(C)c1. The third-order valence-electron chi connectivity index (χ3n) is 2.25. The predicted octanol–water partition coefficient (Wildman–Crippen LogP) is 1.19. The van der Waals surface area contributed by atoms with Crippen LogP contribution in [0.2, 0.25) is 0 Å². The predicted molar refractivity (Wildman–Crippen MR) is 58.0 cm³/mol. The summed E-state index contributed by atoms with van der Waals surface area (Å²) in [6, 6.07) is 5.60. The number of benzene rings is 1. The van der Waals surface area contributed by atoms with Crippen molar-refractivity contribution in [3.05, 3.63) is 36.4 Å². The Kier molecular flexibility index (Phi) is 2.33. The van der Waals surface area contributed by atoms with Gasteiger partial charge >= 0.3 is 0 Å². The Labute approximate surface area is 88.3 Å². The van der Waals surface area contributed by atoms with Crippen LogP contribution in [-0.4, -0.2) is 12.1 Å². The maximum Gasteiger partial charge on any atom is 0.247 e.